The van der Waals surface area contributed by atoms with Gasteiger partial charge in [0.2, 0.25) is 0 Å². The van der Waals surface area contributed by atoms with Crippen LogP contribution in [0.25, 0.3) is 0 Å². The molecule has 3 nitrogen and oxygen atoms in total. The number of rotatable bonds is 10. The molecule has 0 fully saturated rings. The van der Waals surface area contributed by atoms with E-state index in [1.165, 1.54) is 0 Å². The molecule has 0 aliphatic rings. The molecule has 1 aromatic carbocycles. The Labute approximate surface area is 128 Å². The van der Waals surface area contributed by atoms with Crippen LogP contribution in [0.2, 0.25) is 0 Å². The van der Waals surface area contributed by atoms with Crippen LogP contribution in [-0.4, -0.2) is 17.5 Å². The van der Waals surface area contributed by atoms with Crippen LogP contribution >= 0.6 is 0 Å². The van der Waals surface area contributed by atoms with E-state index in [-0.39, 0.29) is 11.5 Å². The van der Waals surface area contributed by atoms with E-state index in [1.807, 2.05) is 0 Å². The second kappa shape index (κ2) is 9.43. The fourth-order valence-electron chi connectivity index (χ4n) is 2.10. The Morgan fingerprint density at radius 1 is 1.24 bits per heavy atom. The van der Waals surface area contributed by atoms with Crippen molar-refractivity contribution in [1.29, 1.82) is 0 Å². The van der Waals surface area contributed by atoms with Gasteiger partial charge in [-0.2, -0.15) is 0 Å². The fourth-order valence-corrected chi connectivity index (χ4v) is 2.10. The van der Waals surface area contributed by atoms with Gasteiger partial charge >= 0.3 is 0 Å². The maximum Gasteiger partial charge on any atom is 0.166 e. The summed E-state index contributed by atoms with van der Waals surface area (Å²) in [6.07, 6.45) is 5.74. The molecule has 1 rings (SSSR count). The highest BCUT2D eigenvalue weighted by molar-refractivity contribution is 5.98. The molecule has 0 saturated carbocycles. The van der Waals surface area contributed by atoms with Gasteiger partial charge in [0.05, 0.1) is 12.2 Å². The second-order valence-electron chi connectivity index (χ2n) is 5.94. The van der Waals surface area contributed by atoms with Crippen molar-refractivity contribution < 1.29 is 14.6 Å². The fraction of sp³-hybridized carbons (Fsp3) is 0.611. The van der Waals surface area contributed by atoms with Gasteiger partial charge in [-0.25, -0.2) is 0 Å². The van der Waals surface area contributed by atoms with E-state index in [2.05, 4.69) is 20.8 Å². The third-order valence-corrected chi connectivity index (χ3v) is 3.49. The highest BCUT2D eigenvalue weighted by atomic mass is 16.5. The molecule has 0 aliphatic heterocycles. The second-order valence-corrected chi connectivity index (χ2v) is 5.94. The molecule has 0 aliphatic carbocycles. The number of Topliss-reactive ketones (excluding diaryl/α,β-unsaturated/α-hetero) is 1. The van der Waals surface area contributed by atoms with Crippen LogP contribution in [0.3, 0.4) is 0 Å². The summed E-state index contributed by atoms with van der Waals surface area (Å²) in [6.45, 7) is 7.05. The molecule has 3 heteroatoms. The van der Waals surface area contributed by atoms with E-state index >= 15 is 0 Å². The Morgan fingerprint density at radius 3 is 2.62 bits per heavy atom. The van der Waals surface area contributed by atoms with Crippen LogP contribution in [-0.2, 0) is 0 Å². The third kappa shape index (κ3) is 6.65. The van der Waals surface area contributed by atoms with E-state index in [9.17, 15) is 9.90 Å². The molecule has 0 amide bonds. The van der Waals surface area contributed by atoms with Gasteiger partial charge in [-0.1, -0.05) is 40.0 Å². The zero-order valence-electron chi connectivity index (χ0n) is 13.5. The van der Waals surface area contributed by atoms with Crippen molar-refractivity contribution in [1.82, 2.24) is 0 Å². The molecule has 0 atom stereocenters. The first-order chi connectivity index (χ1) is 10.0. The van der Waals surface area contributed by atoms with Crippen molar-refractivity contribution in [3.8, 4) is 11.5 Å². The number of carbonyl (C=O) groups excluding carboxylic acids is 1. The Balaban J connectivity index is 2.51. The molecule has 0 spiro atoms. The summed E-state index contributed by atoms with van der Waals surface area (Å²) < 4.78 is 5.57. The molecular formula is C18H28O3. The standard InChI is InChI=1S/C18H28O3/c1-4-5-6-7-8-17(19)16-10-9-15(13-18(16)20)21-12-11-14(2)3/h9-10,13-14,20H,4-8,11-12H2,1-3H3. The molecule has 21 heavy (non-hydrogen) atoms. The molecule has 0 bridgehead atoms. The zero-order valence-corrected chi connectivity index (χ0v) is 13.5. The largest absolute Gasteiger partial charge is 0.507 e. The zero-order chi connectivity index (χ0) is 15.7. The lowest BCUT2D eigenvalue weighted by Gasteiger charge is -2.10. The normalized spacial score (nSPS) is 10.9. The first-order valence-electron chi connectivity index (χ1n) is 8.03. The number of hydrogen-bond acceptors (Lipinski definition) is 3. The predicted octanol–water partition coefficient (Wildman–Crippen LogP) is 4.97. The highest BCUT2D eigenvalue weighted by Gasteiger charge is 2.11. The quantitative estimate of drug-likeness (QED) is 0.489. The van der Waals surface area contributed by atoms with E-state index < -0.39 is 0 Å². The summed E-state index contributed by atoms with van der Waals surface area (Å²) >= 11 is 0. The minimum absolute atomic E-state index is 0.0114. The molecule has 0 radical (unpaired) electrons. The van der Waals surface area contributed by atoms with Crippen molar-refractivity contribution in [3.63, 3.8) is 0 Å². The maximum atomic E-state index is 12.0. The van der Waals surface area contributed by atoms with Gasteiger partial charge in [-0.15, -0.1) is 0 Å². The van der Waals surface area contributed by atoms with Crippen LogP contribution < -0.4 is 4.74 Å². The van der Waals surface area contributed by atoms with Gasteiger partial charge in [-0.05, 0) is 30.9 Å². The number of phenols is 1. The van der Waals surface area contributed by atoms with Crippen molar-refractivity contribution in [3.05, 3.63) is 23.8 Å². The van der Waals surface area contributed by atoms with Gasteiger partial charge in [0.15, 0.2) is 5.78 Å². The number of benzene rings is 1. The van der Waals surface area contributed by atoms with Crippen LogP contribution in [0, 0.1) is 5.92 Å². The van der Waals surface area contributed by atoms with Crippen molar-refractivity contribution in [2.75, 3.05) is 6.61 Å². The minimum atomic E-state index is 0.0114. The van der Waals surface area contributed by atoms with Gasteiger partial charge in [0.25, 0.3) is 0 Å². The molecular weight excluding hydrogens is 264 g/mol. The van der Waals surface area contributed by atoms with Crippen LogP contribution in [0.4, 0.5) is 0 Å². The Morgan fingerprint density at radius 2 is 2.00 bits per heavy atom. The molecule has 0 heterocycles. The van der Waals surface area contributed by atoms with Crippen LogP contribution in [0.1, 0.15) is 69.7 Å². The third-order valence-electron chi connectivity index (χ3n) is 3.49. The van der Waals surface area contributed by atoms with Gasteiger partial charge in [0.1, 0.15) is 11.5 Å². The number of carbonyl (C=O) groups is 1. The van der Waals surface area contributed by atoms with Crippen molar-refractivity contribution in [2.24, 2.45) is 5.92 Å². The van der Waals surface area contributed by atoms with Gasteiger partial charge in [-0.3, -0.25) is 4.79 Å². The highest BCUT2D eigenvalue weighted by Crippen LogP contribution is 2.25. The summed E-state index contributed by atoms with van der Waals surface area (Å²) in [5, 5.41) is 9.97. The summed E-state index contributed by atoms with van der Waals surface area (Å²) in [5.41, 5.74) is 0.405. The Kier molecular flexibility index (Phi) is 7.88. The van der Waals surface area contributed by atoms with Crippen molar-refractivity contribution >= 4 is 5.78 Å². The summed E-state index contributed by atoms with van der Waals surface area (Å²) in [6, 6.07) is 4.97. The lowest BCUT2D eigenvalue weighted by molar-refractivity contribution is 0.0976. The minimum Gasteiger partial charge on any atom is -0.507 e. The number of ether oxygens (including phenoxy) is 1. The summed E-state index contributed by atoms with van der Waals surface area (Å²) in [5.74, 6) is 1.24. The molecule has 0 saturated heterocycles. The van der Waals surface area contributed by atoms with Gasteiger partial charge in [0, 0.05) is 12.5 Å². The molecule has 1 aromatic rings. The number of hydrogen-bond donors (Lipinski definition) is 1. The monoisotopic (exact) mass is 292 g/mol. The topological polar surface area (TPSA) is 46.5 Å². The lowest BCUT2D eigenvalue weighted by Crippen LogP contribution is -2.03. The summed E-state index contributed by atoms with van der Waals surface area (Å²) in [7, 11) is 0. The van der Waals surface area contributed by atoms with Crippen LogP contribution in [0.15, 0.2) is 18.2 Å². The van der Waals surface area contributed by atoms with Crippen LogP contribution in [0.5, 0.6) is 11.5 Å². The van der Waals surface area contributed by atoms with E-state index in [0.29, 0.717) is 30.3 Å². The SMILES string of the molecule is CCCCCCC(=O)c1ccc(OCCC(C)C)cc1O. The van der Waals surface area contributed by atoms with Crippen molar-refractivity contribution in [2.45, 2.75) is 59.3 Å². The molecule has 0 unspecified atom stereocenters. The number of aromatic hydroxyl groups is 1. The predicted molar refractivity (Wildman–Crippen MR) is 86.1 cm³/mol. The average molecular weight is 292 g/mol. The molecule has 118 valence electrons. The first kappa shape index (κ1) is 17.5. The molecule has 1 N–H and O–H groups in total. The Hall–Kier alpha value is -1.51. The summed E-state index contributed by atoms with van der Waals surface area (Å²) in [4.78, 5) is 12.0. The lowest BCUT2D eigenvalue weighted by atomic mass is 10.0. The number of phenolic OH excluding ortho intramolecular Hbond substituents is 1. The number of unbranched alkanes of at least 4 members (excludes halogenated alkanes) is 3. The van der Waals surface area contributed by atoms with Gasteiger partial charge < -0.3 is 9.84 Å². The van der Waals surface area contributed by atoms with E-state index in [0.717, 1.165) is 32.1 Å². The maximum absolute atomic E-state index is 12.0. The average Bonchev–Trinajstić information content (AvgIpc) is 2.43. The van der Waals surface area contributed by atoms with E-state index in [4.69, 9.17) is 4.74 Å². The first-order valence-corrected chi connectivity index (χ1v) is 8.03. The molecule has 0 aromatic heterocycles. The Bertz CT molecular complexity index is 438. The smallest absolute Gasteiger partial charge is 0.166 e. The number of ketones is 1. The van der Waals surface area contributed by atoms with E-state index in [1.54, 1.807) is 18.2 Å².